The number of benzene rings is 2. The van der Waals surface area contributed by atoms with Gasteiger partial charge in [0.05, 0.1) is 17.1 Å². The zero-order valence-electron chi connectivity index (χ0n) is 22.7. The second-order valence-electron chi connectivity index (χ2n) is 11.7. The van der Waals surface area contributed by atoms with Gasteiger partial charge in [-0.05, 0) is 69.6 Å². The molecule has 0 spiro atoms. The molecule has 8 heteroatoms. The van der Waals surface area contributed by atoms with Gasteiger partial charge < -0.3 is 20.3 Å². The van der Waals surface area contributed by atoms with Crippen molar-refractivity contribution < 1.29 is 14.7 Å². The van der Waals surface area contributed by atoms with Gasteiger partial charge in [0.2, 0.25) is 5.91 Å². The standard InChI is InChI=1S/C31H39N5O3/c1-21-32-27-11-5-6-12-28(27)36(21)25-19-23-13-14-24(20-25)35(23)18-15-26(22-9-3-2-4-10-22)33-29(37)31(34-30(38)39)16-7-8-17-31/h2-6,9-12,23-26,34H,7-8,13-20H2,1H3,(H,33,37)(H,38,39)/t23-,24+,25?,26-/m0/s1. The summed E-state index contributed by atoms with van der Waals surface area (Å²) >= 11 is 0. The number of fused-ring (bicyclic) bond motifs is 3. The van der Waals surface area contributed by atoms with E-state index in [-0.39, 0.29) is 11.9 Å². The van der Waals surface area contributed by atoms with Gasteiger partial charge >= 0.3 is 6.09 Å². The van der Waals surface area contributed by atoms with Gasteiger partial charge in [0, 0.05) is 24.7 Å². The van der Waals surface area contributed by atoms with E-state index in [2.05, 4.69) is 63.4 Å². The number of amides is 2. The molecule has 1 aromatic heterocycles. The maximum Gasteiger partial charge on any atom is 0.405 e. The number of rotatable bonds is 8. The summed E-state index contributed by atoms with van der Waals surface area (Å²) in [5.41, 5.74) is 2.35. The van der Waals surface area contributed by atoms with Crippen molar-refractivity contribution in [3.05, 3.63) is 66.0 Å². The van der Waals surface area contributed by atoms with Gasteiger partial charge in [-0.1, -0.05) is 55.3 Å². The Morgan fingerprint density at radius 2 is 1.67 bits per heavy atom. The summed E-state index contributed by atoms with van der Waals surface area (Å²) in [5, 5.41) is 15.3. The van der Waals surface area contributed by atoms with E-state index in [0.29, 0.717) is 31.0 Å². The summed E-state index contributed by atoms with van der Waals surface area (Å²) in [4.78, 5) is 32.6. The molecule has 1 aliphatic carbocycles. The van der Waals surface area contributed by atoms with Crippen LogP contribution >= 0.6 is 0 Å². The Hall–Kier alpha value is -3.39. The highest BCUT2D eigenvalue weighted by Gasteiger charge is 2.44. The molecule has 2 saturated heterocycles. The third-order valence-electron chi connectivity index (χ3n) is 9.42. The number of hydrogen-bond acceptors (Lipinski definition) is 4. The Kier molecular flexibility index (Phi) is 7.06. The molecule has 3 aliphatic rings. The van der Waals surface area contributed by atoms with E-state index in [9.17, 15) is 14.7 Å². The maximum atomic E-state index is 13.5. The lowest BCUT2D eigenvalue weighted by atomic mass is 9.93. The van der Waals surface area contributed by atoms with E-state index in [1.807, 2.05) is 18.2 Å². The molecule has 3 fully saturated rings. The van der Waals surface area contributed by atoms with Gasteiger partial charge in [-0.25, -0.2) is 9.78 Å². The van der Waals surface area contributed by atoms with E-state index in [4.69, 9.17) is 4.98 Å². The summed E-state index contributed by atoms with van der Waals surface area (Å²) in [5.74, 6) is 0.900. The number of piperidine rings is 1. The number of imidazole rings is 1. The summed E-state index contributed by atoms with van der Waals surface area (Å²) in [6, 6.07) is 19.9. The fraction of sp³-hybridized carbons (Fsp3) is 0.516. The van der Waals surface area contributed by atoms with Crippen molar-refractivity contribution >= 4 is 23.0 Å². The average molecular weight is 530 g/mol. The molecule has 1 unspecified atom stereocenters. The third kappa shape index (κ3) is 5.02. The number of carbonyl (C=O) groups excluding carboxylic acids is 1. The molecule has 2 aromatic carbocycles. The number of aromatic nitrogens is 2. The highest BCUT2D eigenvalue weighted by atomic mass is 16.4. The van der Waals surface area contributed by atoms with Gasteiger partial charge in [-0.15, -0.1) is 0 Å². The molecule has 1 saturated carbocycles. The molecule has 0 radical (unpaired) electrons. The van der Waals surface area contributed by atoms with E-state index in [0.717, 1.165) is 55.6 Å². The Morgan fingerprint density at radius 1 is 1.00 bits per heavy atom. The minimum Gasteiger partial charge on any atom is -0.465 e. The second kappa shape index (κ2) is 10.6. The molecular formula is C31H39N5O3. The SMILES string of the molecule is Cc1nc2ccccc2n1C1C[C@H]2CC[C@@H](C1)N2CC[C@H](NC(=O)C1(NC(=O)O)CCCC1)c1ccccc1. The van der Waals surface area contributed by atoms with E-state index < -0.39 is 11.6 Å². The Bertz CT molecular complexity index is 1320. The van der Waals surface area contributed by atoms with Crippen LogP contribution in [0.3, 0.4) is 0 Å². The summed E-state index contributed by atoms with van der Waals surface area (Å²) in [6.45, 7) is 3.03. The number of para-hydroxylation sites is 2. The quantitative estimate of drug-likeness (QED) is 0.366. The third-order valence-corrected chi connectivity index (χ3v) is 9.42. The molecular weight excluding hydrogens is 490 g/mol. The number of nitrogens with one attached hydrogen (secondary N) is 2. The number of nitrogens with zero attached hydrogens (tertiary/aromatic N) is 3. The zero-order chi connectivity index (χ0) is 27.0. The highest BCUT2D eigenvalue weighted by Crippen LogP contribution is 2.43. The van der Waals surface area contributed by atoms with Crippen molar-refractivity contribution in [3.63, 3.8) is 0 Å². The molecule has 39 heavy (non-hydrogen) atoms. The van der Waals surface area contributed by atoms with Gasteiger partial charge in [-0.2, -0.15) is 0 Å². The van der Waals surface area contributed by atoms with Crippen LogP contribution in [0.15, 0.2) is 54.6 Å². The minimum atomic E-state index is -1.14. The first-order chi connectivity index (χ1) is 18.9. The van der Waals surface area contributed by atoms with Gasteiger partial charge in [0.1, 0.15) is 11.4 Å². The van der Waals surface area contributed by atoms with Crippen molar-refractivity contribution in [2.45, 2.75) is 94.4 Å². The Labute approximate surface area is 229 Å². The van der Waals surface area contributed by atoms with Crippen LogP contribution in [-0.2, 0) is 4.79 Å². The normalized spacial score (nSPS) is 25.0. The minimum absolute atomic E-state index is 0.163. The van der Waals surface area contributed by atoms with Gasteiger partial charge in [0.25, 0.3) is 0 Å². The van der Waals surface area contributed by atoms with Crippen molar-refractivity contribution in [2.75, 3.05) is 6.54 Å². The smallest absolute Gasteiger partial charge is 0.405 e. The highest BCUT2D eigenvalue weighted by molar-refractivity contribution is 5.90. The van der Waals surface area contributed by atoms with Crippen molar-refractivity contribution in [1.82, 2.24) is 25.1 Å². The van der Waals surface area contributed by atoms with Gasteiger partial charge in [-0.3, -0.25) is 9.69 Å². The lowest BCUT2D eigenvalue weighted by molar-refractivity contribution is -0.128. The first-order valence-corrected chi connectivity index (χ1v) is 14.5. The first-order valence-electron chi connectivity index (χ1n) is 14.5. The van der Waals surface area contributed by atoms with E-state index >= 15 is 0 Å². The molecule has 2 aliphatic heterocycles. The van der Waals surface area contributed by atoms with Crippen molar-refractivity contribution in [2.24, 2.45) is 0 Å². The van der Waals surface area contributed by atoms with Crippen LogP contribution in [0.25, 0.3) is 11.0 Å². The van der Waals surface area contributed by atoms with Crippen LogP contribution in [0.4, 0.5) is 4.79 Å². The van der Waals surface area contributed by atoms with Gasteiger partial charge in [0.15, 0.2) is 0 Å². The van der Waals surface area contributed by atoms with E-state index in [1.165, 1.54) is 18.4 Å². The van der Waals surface area contributed by atoms with E-state index in [1.54, 1.807) is 0 Å². The lowest BCUT2D eigenvalue weighted by Crippen LogP contribution is -2.57. The number of hydrogen-bond donors (Lipinski definition) is 3. The molecule has 2 amide bonds. The van der Waals surface area contributed by atoms with Crippen LogP contribution in [0.5, 0.6) is 0 Å². The summed E-state index contributed by atoms with van der Waals surface area (Å²) in [7, 11) is 0. The second-order valence-corrected chi connectivity index (χ2v) is 11.7. The average Bonchev–Trinajstić information content (AvgIpc) is 3.60. The van der Waals surface area contributed by atoms with Crippen LogP contribution in [-0.4, -0.2) is 55.7 Å². The van der Waals surface area contributed by atoms with Crippen molar-refractivity contribution in [1.29, 1.82) is 0 Å². The molecule has 3 aromatic rings. The fourth-order valence-corrected chi connectivity index (χ4v) is 7.62. The maximum absolute atomic E-state index is 13.5. The van der Waals surface area contributed by atoms with Crippen LogP contribution < -0.4 is 10.6 Å². The predicted molar refractivity (Wildman–Crippen MR) is 151 cm³/mol. The molecule has 206 valence electrons. The number of carbonyl (C=O) groups is 2. The summed E-state index contributed by atoms with van der Waals surface area (Å²) < 4.78 is 2.46. The largest absolute Gasteiger partial charge is 0.465 e. The fourth-order valence-electron chi connectivity index (χ4n) is 7.62. The molecule has 4 atom stereocenters. The van der Waals surface area contributed by atoms with Crippen molar-refractivity contribution in [3.8, 4) is 0 Å². The first kappa shape index (κ1) is 25.9. The summed E-state index contributed by atoms with van der Waals surface area (Å²) in [6.07, 6.45) is 7.12. The topological polar surface area (TPSA) is 99.5 Å². The monoisotopic (exact) mass is 529 g/mol. The molecule has 8 nitrogen and oxygen atoms in total. The van der Waals surface area contributed by atoms with Crippen LogP contribution in [0, 0.1) is 6.92 Å². The molecule has 3 N–H and O–H groups in total. The molecule has 3 heterocycles. The van der Waals surface area contributed by atoms with Crippen LogP contribution in [0.2, 0.25) is 0 Å². The molecule has 2 bridgehead atoms. The Morgan fingerprint density at radius 3 is 2.36 bits per heavy atom. The van der Waals surface area contributed by atoms with Crippen LogP contribution in [0.1, 0.15) is 81.3 Å². The number of carboxylic acid groups (broad SMARTS) is 1. The number of aryl methyl sites for hydroxylation is 1. The zero-order valence-corrected chi connectivity index (χ0v) is 22.7. The predicted octanol–water partition coefficient (Wildman–Crippen LogP) is 5.34. The Balaban J connectivity index is 1.16. The lowest BCUT2D eigenvalue weighted by Gasteiger charge is -2.40. The molecule has 6 rings (SSSR count).